The van der Waals surface area contributed by atoms with Crippen LogP contribution in [-0.4, -0.2) is 88.6 Å². The third-order valence-corrected chi connectivity index (χ3v) is 8.36. The molecule has 0 saturated heterocycles. The monoisotopic (exact) mass is 769 g/mol. The second-order valence-corrected chi connectivity index (χ2v) is 17.3. The van der Waals surface area contributed by atoms with E-state index >= 15 is 0 Å². The van der Waals surface area contributed by atoms with E-state index in [0.717, 1.165) is 0 Å². The minimum absolute atomic E-state index is 0.00758. The molecule has 6 atom stereocenters. The summed E-state index contributed by atoms with van der Waals surface area (Å²) in [6.07, 6.45) is 0.195. The fourth-order valence-electron chi connectivity index (χ4n) is 5.89. The first-order chi connectivity index (χ1) is 24.8. The van der Waals surface area contributed by atoms with E-state index in [-0.39, 0.29) is 91.7 Å². The van der Waals surface area contributed by atoms with Crippen molar-refractivity contribution in [3.63, 3.8) is 0 Å². The highest BCUT2D eigenvalue weighted by Gasteiger charge is 2.27. The predicted molar refractivity (Wildman–Crippen MR) is 208 cm³/mol. The highest BCUT2D eigenvalue weighted by atomic mass is 16.6. The van der Waals surface area contributed by atoms with Gasteiger partial charge in [0.15, 0.2) is 0 Å². The van der Waals surface area contributed by atoms with Crippen molar-refractivity contribution in [2.24, 2.45) is 23.7 Å². The lowest BCUT2D eigenvalue weighted by Crippen LogP contribution is -2.48. The van der Waals surface area contributed by atoms with E-state index in [1.807, 2.05) is 55.4 Å². The molecule has 15 heteroatoms. The van der Waals surface area contributed by atoms with Gasteiger partial charge in [-0.15, -0.1) is 0 Å². The molecule has 54 heavy (non-hydrogen) atoms. The first-order valence-electron chi connectivity index (χ1n) is 19.4. The van der Waals surface area contributed by atoms with Gasteiger partial charge in [-0.3, -0.25) is 28.8 Å². The third-order valence-electron chi connectivity index (χ3n) is 8.36. The van der Waals surface area contributed by atoms with Gasteiger partial charge < -0.3 is 41.7 Å². The van der Waals surface area contributed by atoms with Gasteiger partial charge in [0.05, 0.1) is 6.42 Å². The van der Waals surface area contributed by atoms with Crippen molar-refractivity contribution in [3.8, 4) is 0 Å². The lowest BCUT2D eigenvalue weighted by Gasteiger charge is -2.26. The van der Waals surface area contributed by atoms with Crippen molar-refractivity contribution in [2.75, 3.05) is 0 Å². The topological polar surface area (TPSA) is 221 Å². The minimum atomic E-state index is -0.999. The normalized spacial score (nSPS) is 15.1. The van der Waals surface area contributed by atoms with E-state index < -0.39 is 53.9 Å². The van der Waals surface area contributed by atoms with Gasteiger partial charge in [-0.1, -0.05) is 55.4 Å². The maximum Gasteiger partial charge on any atom is 0.407 e. The highest BCUT2D eigenvalue weighted by molar-refractivity contribution is 5.83. The van der Waals surface area contributed by atoms with Crippen molar-refractivity contribution >= 4 is 41.6 Å². The molecule has 0 aliphatic rings. The number of aliphatic carboxylic acids is 1. The van der Waals surface area contributed by atoms with E-state index in [0.29, 0.717) is 12.8 Å². The Morgan fingerprint density at radius 2 is 0.833 bits per heavy atom. The van der Waals surface area contributed by atoms with Gasteiger partial charge in [0, 0.05) is 68.4 Å². The van der Waals surface area contributed by atoms with E-state index in [1.165, 1.54) is 0 Å². The zero-order valence-electron chi connectivity index (χ0n) is 35.1. The van der Waals surface area contributed by atoms with Gasteiger partial charge in [0.25, 0.3) is 0 Å². The van der Waals surface area contributed by atoms with E-state index in [4.69, 9.17) is 4.74 Å². The number of carboxylic acid groups (broad SMARTS) is 1. The van der Waals surface area contributed by atoms with Crippen molar-refractivity contribution < 1.29 is 43.4 Å². The summed E-state index contributed by atoms with van der Waals surface area (Å²) in [5.74, 6) is -2.45. The molecule has 0 aromatic heterocycles. The lowest BCUT2D eigenvalue weighted by molar-refractivity contribution is -0.138. The molecular formula is C39H72N6O9. The van der Waals surface area contributed by atoms with Crippen LogP contribution in [0.2, 0.25) is 0 Å². The molecule has 0 heterocycles. The third kappa shape index (κ3) is 25.2. The van der Waals surface area contributed by atoms with Crippen molar-refractivity contribution in [1.29, 1.82) is 0 Å². The Bertz CT molecular complexity index is 1230. The van der Waals surface area contributed by atoms with Gasteiger partial charge in [-0.2, -0.15) is 0 Å². The number of hydrogen-bond donors (Lipinski definition) is 7. The SMILES string of the molecule is CC(C)C[C@@H](CC(=O)O)NC(=O)C[C@H](C)NC(=O)C[C@@H](NC(=O)C[C@H](CC(C)C)NC(=O)C[C@H](C)NC(=O)C[C@@H](NC(=O)OC(C)(C)C)C(C)C)C(C)C. The average Bonchev–Trinajstić information content (AvgIpc) is 2.93. The van der Waals surface area contributed by atoms with Crippen LogP contribution in [0.25, 0.3) is 0 Å². The fourth-order valence-corrected chi connectivity index (χ4v) is 5.89. The maximum absolute atomic E-state index is 13.2. The summed E-state index contributed by atoms with van der Waals surface area (Å²) in [7, 11) is 0. The number of rotatable bonds is 24. The summed E-state index contributed by atoms with van der Waals surface area (Å²) in [6, 6.07) is -2.99. The Balaban J connectivity index is 5.17. The Morgan fingerprint density at radius 1 is 0.481 bits per heavy atom. The first kappa shape index (κ1) is 50.1. The van der Waals surface area contributed by atoms with Crippen molar-refractivity contribution in [2.45, 2.75) is 183 Å². The van der Waals surface area contributed by atoms with Crippen molar-refractivity contribution in [1.82, 2.24) is 31.9 Å². The second-order valence-electron chi connectivity index (χ2n) is 17.3. The van der Waals surface area contributed by atoms with Crippen LogP contribution in [-0.2, 0) is 33.5 Å². The summed E-state index contributed by atoms with van der Waals surface area (Å²) in [4.78, 5) is 88.1. The zero-order chi connectivity index (χ0) is 41.9. The van der Waals surface area contributed by atoms with Gasteiger partial charge in [0.2, 0.25) is 29.5 Å². The first-order valence-corrected chi connectivity index (χ1v) is 19.4. The van der Waals surface area contributed by atoms with Crippen LogP contribution in [0.5, 0.6) is 0 Å². The number of nitrogens with one attached hydrogen (secondary N) is 6. The molecule has 0 unspecified atom stereocenters. The minimum Gasteiger partial charge on any atom is -0.481 e. The molecular weight excluding hydrogens is 696 g/mol. The molecule has 0 spiro atoms. The largest absolute Gasteiger partial charge is 0.481 e. The number of carboxylic acids is 1. The molecule has 0 bridgehead atoms. The van der Waals surface area contributed by atoms with Gasteiger partial charge in [-0.05, 0) is 71.1 Å². The Labute approximate surface area is 323 Å². The van der Waals surface area contributed by atoms with Gasteiger partial charge >= 0.3 is 12.1 Å². The molecule has 0 aliphatic heterocycles. The Hall–Kier alpha value is -3.91. The van der Waals surface area contributed by atoms with Crippen LogP contribution in [0.1, 0.15) is 141 Å². The fraction of sp³-hybridized carbons (Fsp3) is 0.821. The number of hydrogen-bond acceptors (Lipinski definition) is 8. The quantitative estimate of drug-likeness (QED) is 0.0748. The van der Waals surface area contributed by atoms with E-state index in [9.17, 15) is 38.7 Å². The van der Waals surface area contributed by atoms with Crippen LogP contribution in [0.15, 0.2) is 0 Å². The number of carbonyl (C=O) groups excluding carboxylic acids is 6. The Kier molecular flexibility index (Phi) is 22.7. The molecule has 7 N–H and O–H groups in total. The molecule has 0 aliphatic carbocycles. The summed E-state index contributed by atoms with van der Waals surface area (Å²) in [6.45, 7) is 24.1. The number of alkyl carbamates (subject to hydrolysis) is 1. The van der Waals surface area contributed by atoms with E-state index in [1.54, 1.807) is 34.6 Å². The van der Waals surface area contributed by atoms with Gasteiger partial charge in [-0.25, -0.2) is 4.79 Å². The smallest absolute Gasteiger partial charge is 0.407 e. The molecule has 0 rings (SSSR count). The molecule has 0 radical (unpaired) electrons. The summed E-state index contributed by atoms with van der Waals surface area (Å²) >= 11 is 0. The molecule has 6 amide bonds. The average molecular weight is 769 g/mol. The van der Waals surface area contributed by atoms with Crippen molar-refractivity contribution in [3.05, 3.63) is 0 Å². The molecule has 0 fully saturated rings. The molecule has 312 valence electrons. The van der Waals surface area contributed by atoms with Crippen LogP contribution >= 0.6 is 0 Å². The summed E-state index contributed by atoms with van der Waals surface area (Å²) in [5.41, 5.74) is -0.678. The van der Waals surface area contributed by atoms with Crippen LogP contribution < -0.4 is 31.9 Å². The maximum atomic E-state index is 13.2. The molecule has 0 saturated carbocycles. The second kappa shape index (κ2) is 24.5. The van der Waals surface area contributed by atoms with Crippen LogP contribution in [0.4, 0.5) is 4.79 Å². The number of ether oxygens (including phenoxy) is 1. The number of carbonyl (C=O) groups is 7. The number of amides is 6. The summed E-state index contributed by atoms with van der Waals surface area (Å²) in [5, 5.41) is 26.2. The molecule has 0 aromatic rings. The van der Waals surface area contributed by atoms with Crippen LogP contribution in [0, 0.1) is 23.7 Å². The van der Waals surface area contributed by atoms with E-state index in [2.05, 4.69) is 31.9 Å². The highest BCUT2D eigenvalue weighted by Crippen LogP contribution is 2.14. The zero-order valence-corrected chi connectivity index (χ0v) is 35.1. The van der Waals surface area contributed by atoms with Crippen LogP contribution in [0.3, 0.4) is 0 Å². The molecule has 0 aromatic carbocycles. The standard InChI is InChI=1S/C39H72N6O9/c1-22(2)14-28(42-32(46)16-26(9)41-36(50)21-31(25(7)8)45-38(53)54-39(11,12)13)18-34(48)44-30(24(5)6)20-35(49)40-27(10)17-33(47)43-29(15-23(3)4)19-37(51)52/h22-31H,14-21H2,1-13H3,(H,40,49)(H,41,50)(H,42,46)(H,43,47)(H,44,48)(H,45,53)(H,51,52)/t26-,27-,28-,29-,30+,31+/m0/s1. The predicted octanol–water partition coefficient (Wildman–Crippen LogP) is 4.17. The summed E-state index contributed by atoms with van der Waals surface area (Å²) < 4.78 is 5.32. The Morgan fingerprint density at radius 3 is 1.19 bits per heavy atom. The molecule has 15 nitrogen and oxygen atoms in total. The lowest BCUT2D eigenvalue weighted by atomic mass is 9.97. The van der Waals surface area contributed by atoms with Gasteiger partial charge in [0.1, 0.15) is 5.60 Å².